The number of nitrogens with zero attached hydrogens (tertiary/aromatic N) is 1. The molecular formula is C8H18N2O. The van der Waals surface area contributed by atoms with Gasteiger partial charge in [0.1, 0.15) is 0 Å². The highest BCUT2D eigenvalue weighted by atomic mass is 16.2. The zero-order valence-electron chi connectivity index (χ0n) is 7.48. The van der Waals surface area contributed by atoms with E-state index in [0.29, 0.717) is 6.54 Å². The van der Waals surface area contributed by atoms with Gasteiger partial charge in [-0.05, 0) is 20.8 Å². The van der Waals surface area contributed by atoms with Crippen molar-refractivity contribution in [2.75, 3.05) is 19.6 Å². The molecule has 1 saturated heterocycles. The molecule has 1 fully saturated rings. The summed E-state index contributed by atoms with van der Waals surface area (Å²) in [6.07, 6.45) is 0. The Morgan fingerprint density at radius 2 is 2.18 bits per heavy atom. The highest BCUT2D eigenvalue weighted by Crippen LogP contribution is 2.13. The van der Waals surface area contributed by atoms with Crippen LogP contribution in [0.3, 0.4) is 0 Å². The van der Waals surface area contributed by atoms with Gasteiger partial charge in [-0.15, -0.1) is 0 Å². The van der Waals surface area contributed by atoms with Gasteiger partial charge in [-0.2, -0.15) is 0 Å². The molecular weight excluding hydrogens is 140 g/mol. The number of nitrogens with one attached hydrogen (secondary N) is 1. The lowest BCUT2D eigenvalue weighted by Crippen LogP contribution is -2.55. The first-order chi connectivity index (χ1) is 5.02. The standard InChI is InChI=1S/C8H16N2O.H2/c1-8(2,3)10-5-4-9-6-7(10)11;/h9H,4-6H2,1-3H3;1H. The average Bonchev–Trinajstić information content (AvgIpc) is 1.86. The molecule has 0 radical (unpaired) electrons. The quantitative estimate of drug-likeness (QED) is 0.555. The number of hydrogen-bond acceptors (Lipinski definition) is 2. The van der Waals surface area contributed by atoms with Gasteiger partial charge in [0, 0.05) is 20.1 Å². The van der Waals surface area contributed by atoms with Gasteiger partial charge in [-0.3, -0.25) is 4.79 Å². The Hall–Kier alpha value is -0.570. The third kappa shape index (κ3) is 1.93. The van der Waals surface area contributed by atoms with Crippen molar-refractivity contribution in [1.29, 1.82) is 0 Å². The molecule has 0 aromatic heterocycles. The lowest BCUT2D eigenvalue weighted by Gasteiger charge is -2.38. The SMILES string of the molecule is CC(C)(C)N1CCNCC1=O.[HH]. The summed E-state index contributed by atoms with van der Waals surface area (Å²) in [5.74, 6) is 0.212. The molecule has 1 rings (SSSR count). The summed E-state index contributed by atoms with van der Waals surface area (Å²) < 4.78 is 0. The minimum atomic E-state index is -0.0147. The first-order valence-corrected chi connectivity index (χ1v) is 4.03. The van der Waals surface area contributed by atoms with Crippen molar-refractivity contribution in [3.05, 3.63) is 0 Å². The maximum absolute atomic E-state index is 11.3. The number of piperazine rings is 1. The Morgan fingerprint density at radius 3 is 2.55 bits per heavy atom. The second-order valence-electron chi connectivity index (χ2n) is 3.89. The van der Waals surface area contributed by atoms with Crippen molar-refractivity contribution >= 4 is 5.91 Å². The molecule has 0 aliphatic carbocycles. The van der Waals surface area contributed by atoms with Crippen molar-refractivity contribution in [2.45, 2.75) is 26.3 Å². The second kappa shape index (κ2) is 2.81. The van der Waals surface area contributed by atoms with Crippen LogP contribution in [-0.2, 0) is 4.79 Å². The van der Waals surface area contributed by atoms with Gasteiger partial charge >= 0.3 is 0 Å². The molecule has 66 valence electrons. The summed E-state index contributed by atoms with van der Waals surface area (Å²) in [4.78, 5) is 13.2. The molecule has 3 nitrogen and oxygen atoms in total. The largest absolute Gasteiger partial charge is 0.335 e. The van der Waals surface area contributed by atoms with Gasteiger partial charge in [0.25, 0.3) is 0 Å². The maximum atomic E-state index is 11.3. The summed E-state index contributed by atoms with van der Waals surface area (Å²) >= 11 is 0. The molecule has 11 heavy (non-hydrogen) atoms. The van der Waals surface area contributed by atoms with Gasteiger partial charge in [0.05, 0.1) is 6.54 Å². The van der Waals surface area contributed by atoms with E-state index in [1.54, 1.807) is 0 Å². The smallest absolute Gasteiger partial charge is 0.237 e. The van der Waals surface area contributed by atoms with Crippen LogP contribution < -0.4 is 5.32 Å². The molecule has 0 aromatic carbocycles. The van der Waals surface area contributed by atoms with Crippen molar-refractivity contribution in [2.24, 2.45) is 0 Å². The van der Waals surface area contributed by atoms with Crippen molar-refractivity contribution in [1.82, 2.24) is 10.2 Å². The minimum absolute atomic E-state index is 0. The molecule has 1 aliphatic heterocycles. The molecule has 0 atom stereocenters. The van der Waals surface area contributed by atoms with Crippen molar-refractivity contribution in [3.8, 4) is 0 Å². The fourth-order valence-electron chi connectivity index (χ4n) is 1.32. The summed E-state index contributed by atoms with van der Waals surface area (Å²) in [6.45, 7) is 8.45. The van der Waals surface area contributed by atoms with Gasteiger partial charge < -0.3 is 10.2 Å². The molecule has 1 aliphatic rings. The van der Waals surface area contributed by atoms with Crippen LogP contribution in [0.25, 0.3) is 0 Å². The van der Waals surface area contributed by atoms with E-state index in [-0.39, 0.29) is 12.9 Å². The number of amides is 1. The predicted octanol–water partition coefficient (Wildman–Crippen LogP) is 0.463. The van der Waals surface area contributed by atoms with E-state index in [1.165, 1.54) is 0 Å². The minimum Gasteiger partial charge on any atom is -0.335 e. The normalized spacial score (nSPS) is 20.6. The van der Waals surface area contributed by atoms with Gasteiger partial charge in [-0.1, -0.05) is 0 Å². The van der Waals surface area contributed by atoms with E-state index < -0.39 is 0 Å². The van der Waals surface area contributed by atoms with Crippen molar-refractivity contribution in [3.63, 3.8) is 0 Å². The maximum Gasteiger partial charge on any atom is 0.237 e. The second-order valence-corrected chi connectivity index (χ2v) is 3.89. The van der Waals surface area contributed by atoms with Crippen molar-refractivity contribution < 1.29 is 6.22 Å². The fraction of sp³-hybridized carbons (Fsp3) is 0.875. The Morgan fingerprint density at radius 1 is 1.55 bits per heavy atom. The lowest BCUT2D eigenvalue weighted by molar-refractivity contribution is -0.136. The first kappa shape index (κ1) is 8.53. The van der Waals surface area contributed by atoms with Gasteiger partial charge in [0.15, 0.2) is 0 Å². The van der Waals surface area contributed by atoms with Crippen LogP contribution in [-0.4, -0.2) is 36.0 Å². The van der Waals surface area contributed by atoms with Crippen LogP contribution in [0.1, 0.15) is 22.2 Å². The first-order valence-electron chi connectivity index (χ1n) is 4.03. The highest BCUT2D eigenvalue weighted by Gasteiger charge is 2.27. The summed E-state index contributed by atoms with van der Waals surface area (Å²) in [7, 11) is 0. The Kier molecular flexibility index (Phi) is 2.18. The molecule has 0 aromatic rings. The van der Waals surface area contributed by atoms with E-state index in [4.69, 9.17) is 0 Å². The lowest BCUT2D eigenvalue weighted by atomic mass is 10.1. The van der Waals surface area contributed by atoms with E-state index >= 15 is 0 Å². The van der Waals surface area contributed by atoms with Crippen LogP contribution >= 0.6 is 0 Å². The van der Waals surface area contributed by atoms with E-state index in [1.807, 2.05) is 4.90 Å². The number of hydrogen-bond donors (Lipinski definition) is 1. The number of rotatable bonds is 0. The van der Waals surface area contributed by atoms with E-state index in [0.717, 1.165) is 13.1 Å². The zero-order chi connectivity index (χ0) is 8.48. The van der Waals surface area contributed by atoms with Crippen LogP contribution in [0.15, 0.2) is 0 Å². The average molecular weight is 158 g/mol. The molecule has 0 spiro atoms. The van der Waals surface area contributed by atoms with Gasteiger partial charge in [0.2, 0.25) is 5.91 Å². The molecule has 1 amide bonds. The van der Waals surface area contributed by atoms with Crippen LogP contribution in [0.4, 0.5) is 0 Å². The third-order valence-electron chi connectivity index (χ3n) is 1.90. The van der Waals surface area contributed by atoms with Crippen LogP contribution in [0.5, 0.6) is 0 Å². The molecule has 0 unspecified atom stereocenters. The van der Waals surface area contributed by atoms with Gasteiger partial charge in [-0.25, -0.2) is 0 Å². The molecule has 3 heteroatoms. The predicted molar refractivity (Wildman–Crippen MR) is 46.4 cm³/mol. The Balaban J connectivity index is 0.00000121. The van der Waals surface area contributed by atoms with E-state index in [2.05, 4.69) is 26.1 Å². The van der Waals surface area contributed by atoms with E-state index in [9.17, 15) is 4.79 Å². The third-order valence-corrected chi connectivity index (χ3v) is 1.90. The summed E-state index contributed by atoms with van der Waals surface area (Å²) in [5.41, 5.74) is -0.0147. The summed E-state index contributed by atoms with van der Waals surface area (Å²) in [6, 6.07) is 0. The highest BCUT2D eigenvalue weighted by molar-refractivity contribution is 5.79. The zero-order valence-corrected chi connectivity index (χ0v) is 7.48. The summed E-state index contributed by atoms with van der Waals surface area (Å²) in [5, 5.41) is 3.05. The monoisotopic (exact) mass is 158 g/mol. The Labute approximate surface area is 69.2 Å². The molecule has 1 N–H and O–H groups in total. The fourth-order valence-corrected chi connectivity index (χ4v) is 1.32. The molecule has 0 bridgehead atoms. The topological polar surface area (TPSA) is 32.3 Å². The van der Waals surface area contributed by atoms with Crippen LogP contribution in [0, 0.1) is 0 Å². The Bertz CT molecular complexity index is 165. The van der Waals surface area contributed by atoms with Crippen LogP contribution in [0.2, 0.25) is 0 Å². The molecule has 1 heterocycles. The number of carbonyl (C=O) groups excluding carboxylic acids is 1. The number of carbonyl (C=O) groups is 1. The molecule has 0 saturated carbocycles.